The second kappa shape index (κ2) is 6.04. The lowest BCUT2D eigenvalue weighted by Crippen LogP contribution is -2.14. The van der Waals surface area contributed by atoms with Gasteiger partial charge in [0, 0.05) is 5.92 Å². The number of aromatic amines is 1. The number of rotatable bonds is 5. The highest BCUT2D eigenvalue weighted by atomic mass is 79.9. The molecule has 0 radical (unpaired) electrons. The van der Waals surface area contributed by atoms with Crippen LogP contribution in [0.1, 0.15) is 45.3 Å². The van der Waals surface area contributed by atoms with Crippen LogP contribution in [0.15, 0.2) is 22.7 Å². The molecule has 1 amide bonds. The van der Waals surface area contributed by atoms with Gasteiger partial charge >= 0.3 is 5.97 Å². The van der Waals surface area contributed by atoms with E-state index < -0.39 is 11.9 Å². The number of aromatic carboxylic acids is 1. The van der Waals surface area contributed by atoms with Gasteiger partial charge in [-0.15, -0.1) is 0 Å². The summed E-state index contributed by atoms with van der Waals surface area (Å²) in [5.41, 5.74) is 1.65. The molecule has 1 aromatic heterocycles. The van der Waals surface area contributed by atoms with E-state index in [-0.39, 0.29) is 17.0 Å². The molecule has 0 aliphatic heterocycles. The third kappa shape index (κ3) is 3.07. The normalized spacial score (nSPS) is 13.7. The maximum Gasteiger partial charge on any atom is 0.335 e. The molecule has 1 fully saturated rings. The van der Waals surface area contributed by atoms with Crippen LogP contribution in [0.4, 0.5) is 5.69 Å². The number of hydrogen-bond acceptors (Lipinski definition) is 4. The number of methoxy groups -OCH3 is 1. The number of hydrogen-bond donors (Lipinski definition) is 3. The van der Waals surface area contributed by atoms with Gasteiger partial charge in [-0.2, -0.15) is 5.10 Å². The minimum Gasteiger partial charge on any atom is -0.495 e. The molecule has 120 valence electrons. The first kappa shape index (κ1) is 15.5. The second-order valence-electron chi connectivity index (χ2n) is 5.25. The van der Waals surface area contributed by atoms with Gasteiger partial charge < -0.3 is 15.2 Å². The number of anilines is 1. The number of nitrogens with one attached hydrogen (secondary N) is 2. The van der Waals surface area contributed by atoms with E-state index in [1.807, 2.05) is 0 Å². The van der Waals surface area contributed by atoms with E-state index in [9.17, 15) is 9.59 Å². The third-order valence-corrected chi connectivity index (χ3v) is 4.43. The molecule has 0 unspecified atom stereocenters. The number of aromatic nitrogens is 2. The zero-order chi connectivity index (χ0) is 16.6. The van der Waals surface area contributed by atoms with Gasteiger partial charge in [-0.3, -0.25) is 9.89 Å². The van der Waals surface area contributed by atoms with Crippen LogP contribution < -0.4 is 10.1 Å². The summed E-state index contributed by atoms with van der Waals surface area (Å²) < 4.78 is 5.80. The number of benzene rings is 1. The van der Waals surface area contributed by atoms with Crippen molar-refractivity contribution in [2.75, 3.05) is 12.4 Å². The van der Waals surface area contributed by atoms with Gasteiger partial charge in [0.15, 0.2) is 5.69 Å². The van der Waals surface area contributed by atoms with Gasteiger partial charge in [-0.05, 0) is 47.0 Å². The predicted molar refractivity (Wildman–Crippen MR) is 86.2 cm³/mol. The molecule has 1 aliphatic rings. The first-order chi connectivity index (χ1) is 11.0. The summed E-state index contributed by atoms with van der Waals surface area (Å²) in [6, 6.07) is 4.24. The Bertz CT molecular complexity index is 783. The van der Waals surface area contributed by atoms with Crippen LogP contribution in [0.5, 0.6) is 5.75 Å². The first-order valence-corrected chi connectivity index (χ1v) is 7.77. The maximum atomic E-state index is 12.4. The molecule has 8 heteroatoms. The van der Waals surface area contributed by atoms with Gasteiger partial charge in [-0.1, -0.05) is 0 Å². The van der Waals surface area contributed by atoms with E-state index in [1.54, 1.807) is 0 Å². The first-order valence-electron chi connectivity index (χ1n) is 6.97. The summed E-state index contributed by atoms with van der Waals surface area (Å²) in [5.74, 6) is -0.762. The second-order valence-corrected chi connectivity index (χ2v) is 6.04. The third-order valence-electron chi connectivity index (χ3n) is 3.63. The number of halogens is 1. The van der Waals surface area contributed by atoms with E-state index >= 15 is 0 Å². The topological polar surface area (TPSA) is 104 Å². The Labute approximate surface area is 140 Å². The number of H-pyrrole nitrogens is 1. The van der Waals surface area contributed by atoms with Crippen LogP contribution in [-0.2, 0) is 0 Å². The highest BCUT2D eigenvalue weighted by Crippen LogP contribution is 2.43. The van der Waals surface area contributed by atoms with Crippen molar-refractivity contribution in [1.29, 1.82) is 0 Å². The Morgan fingerprint density at radius 3 is 2.78 bits per heavy atom. The molecule has 3 rings (SSSR count). The molecular weight excluding hydrogens is 366 g/mol. The number of carboxylic acids is 1. The Morgan fingerprint density at radius 2 is 2.17 bits per heavy atom. The van der Waals surface area contributed by atoms with Gasteiger partial charge in [0.25, 0.3) is 5.91 Å². The van der Waals surface area contributed by atoms with E-state index in [0.717, 1.165) is 18.5 Å². The average Bonchev–Trinajstić information content (AvgIpc) is 3.29. The molecule has 1 saturated carbocycles. The van der Waals surface area contributed by atoms with Gasteiger partial charge in [0.05, 0.1) is 28.5 Å². The molecule has 0 spiro atoms. The zero-order valence-corrected chi connectivity index (χ0v) is 13.8. The number of carbonyl (C=O) groups excluding carboxylic acids is 1. The summed E-state index contributed by atoms with van der Waals surface area (Å²) in [6.07, 6.45) is 2.18. The van der Waals surface area contributed by atoms with Crippen LogP contribution in [0.25, 0.3) is 0 Å². The molecule has 7 nitrogen and oxygen atoms in total. The van der Waals surface area contributed by atoms with Crippen LogP contribution >= 0.6 is 15.9 Å². The minimum atomic E-state index is -1.06. The van der Waals surface area contributed by atoms with E-state index in [1.165, 1.54) is 25.3 Å². The van der Waals surface area contributed by atoms with Crippen LogP contribution in [0.2, 0.25) is 0 Å². The maximum absolute atomic E-state index is 12.4. The fourth-order valence-electron chi connectivity index (χ4n) is 2.24. The Balaban J connectivity index is 1.83. The summed E-state index contributed by atoms with van der Waals surface area (Å²) >= 11 is 3.41. The van der Waals surface area contributed by atoms with E-state index in [0.29, 0.717) is 16.1 Å². The van der Waals surface area contributed by atoms with Crippen LogP contribution in [0, 0.1) is 0 Å². The Kier molecular flexibility index (Phi) is 4.08. The standard InChI is InChI=1S/C15H14BrN3O4/c1-23-10-6-8(15(21)22)4-5-9(10)17-14(20)13-11(16)12(18-19-13)7-2-3-7/h4-7H,2-3H2,1H3,(H,17,20)(H,18,19)(H,21,22). The van der Waals surface area contributed by atoms with Gasteiger partial charge in [0.1, 0.15) is 5.75 Å². The van der Waals surface area contributed by atoms with Crippen molar-refractivity contribution in [3.8, 4) is 5.75 Å². The summed E-state index contributed by atoms with van der Waals surface area (Å²) in [5, 5.41) is 18.6. The van der Waals surface area contributed by atoms with Gasteiger partial charge in [-0.25, -0.2) is 4.79 Å². The molecule has 0 bridgehead atoms. The van der Waals surface area contributed by atoms with Crippen molar-refractivity contribution >= 4 is 33.5 Å². The molecule has 0 saturated heterocycles. The number of nitrogens with zero attached hydrogens (tertiary/aromatic N) is 1. The molecular formula is C15H14BrN3O4. The fraction of sp³-hybridized carbons (Fsp3) is 0.267. The molecule has 1 aliphatic carbocycles. The van der Waals surface area contributed by atoms with Crippen molar-refractivity contribution < 1.29 is 19.4 Å². The Hall–Kier alpha value is -2.35. The minimum absolute atomic E-state index is 0.0804. The number of ether oxygens (including phenoxy) is 1. The lowest BCUT2D eigenvalue weighted by Gasteiger charge is -2.10. The molecule has 23 heavy (non-hydrogen) atoms. The van der Waals surface area contributed by atoms with Crippen LogP contribution in [-0.4, -0.2) is 34.3 Å². The monoisotopic (exact) mass is 379 g/mol. The van der Waals surface area contributed by atoms with E-state index in [2.05, 4.69) is 31.4 Å². The van der Waals surface area contributed by atoms with Crippen molar-refractivity contribution in [3.05, 3.63) is 39.6 Å². The fourth-order valence-corrected chi connectivity index (χ4v) is 2.92. The highest BCUT2D eigenvalue weighted by molar-refractivity contribution is 9.10. The molecule has 1 heterocycles. The van der Waals surface area contributed by atoms with Crippen LogP contribution in [0.3, 0.4) is 0 Å². The summed E-state index contributed by atoms with van der Waals surface area (Å²) in [4.78, 5) is 23.4. The van der Waals surface area contributed by atoms with Gasteiger partial charge in [0.2, 0.25) is 0 Å². The molecule has 3 N–H and O–H groups in total. The van der Waals surface area contributed by atoms with Crippen molar-refractivity contribution in [2.24, 2.45) is 0 Å². The smallest absolute Gasteiger partial charge is 0.335 e. The summed E-state index contributed by atoms with van der Waals surface area (Å²) in [7, 11) is 1.41. The quantitative estimate of drug-likeness (QED) is 0.740. The lowest BCUT2D eigenvalue weighted by atomic mass is 10.2. The van der Waals surface area contributed by atoms with Crippen molar-refractivity contribution in [3.63, 3.8) is 0 Å². The average molecular weight is 380 g/mol. The van der Waals surface area contributed by atoms with Crippen molar-refractivity contribution in [1.82, 2.24) is 10.2 Å². The molecule has 2 aromatic rings. The molecule has 0 atom stereocenters. The largest absolute Gasteiger partial charge is 0.495 e. The predicted octanol–water partition coefficient (Wildman–Crippen LogP) is 3.01. The molecule has 1 aromatic carbocycles. The lowest BCUT2D eigenvalue weighted by molar-refractivity contribution is 0.0696. The SMILES string of the molecule is COc1cc(C(=O)O)ccc1NC(=O)c1n[nH]c(C2CC2)c1Br. The number of carbonyl (C=O) groups is 2. The number of amides is 1. The van der Waals surface area contributed by atoms with Crippen molar-refractivity contribution in [2.45, 2.75) is 18.8 Å². The van der Waals surface area contributed by atoms with E-state index in [4.69, 9.17) is 9.84 Å². The highest BCUT2D eigenvalue weighted by Gasteiger charge is 2.30. The Morgan fingerprint density at radius 1 is 1.43 bits per heavy atom. The summed E-state index contributed by atoms with van der Waals surface area (Å²) in [6.45, 7) is 0. The zero-order valence-electron chi connectivity index (χ0n) is 12.2. The number of carboxylic acid groups (broad SMARTS) is 1.